The number of imide groups is 1. The van der Waals surface area contributed by atoms with Crippen LogP contribution < -0.4 is 15.7 Å². The van der Waals surface area contributed by atoms with Gasteiger partial charge in [0.2, 0.25) is 0 Å². The van der Waals surface area contributed by atoms with Crippen LogP contribution in [0.4, 0.5) is 4.79 Å². The number of carbonyl (C=O) groups is 4. The van der Waals surface area contributed by atoms with Crippen LogP contribution in [0.5, 0.6) is 0 Å². The topological polar surface area (TPSA) is 233 Å². The van der Waals surface area contributed by atoms with E-state index < -0.39 is 136 Å². The molecule has 0 aromatic heterocycles. The lowest BCUT2D eigenvalue weighted by Gasteiger charge is -2.53. The fourth-order valence-corrected chi connectivity index (χ4v) is 19.6. The Hall–Kier alpha value is -9.44. The maximum atomic E-state index is 15.3. The van der Waals surface area contributed by atoms with Crippen molar-refractivity contribution in [3.8, 4) is 0 Å². The van der Waals surface area contributed by atoms with Gasteiger partial charge in [0.05, 0.1) is 62.4 Å². The van der Waals surface area contributed by atoms with Gasteiger partial charge in [0.1, 0.15) is 61.5 Å². The zero-order chi connectivity index (χ0) is 76.0. The third kappa shape index (κ3) is 17.8. The SMILES string of the molecule is C[C@@H]1O[C@@H](O[C@H]2[C@H](O[C@H]3[C@H](O)[C@@H](N4C(=O)c5ccccc5C4=O)[C@H](OCCCNC(=O)OCc4ccccc4)O[C@@H]3CO[Si](c3ccccc3)(c3ccccc3)C(C)(C)C)O[C@@H]3COC(c4ccccc4)O[C@@H]3[C@@H]2OC(=O)c2ccccc2)[C@@H](OCc2ccccc2)[C@H](OCc2ccccc2)[C@@H]1OCc1ccccc1. The van der Waals surface area contributed by atoms with Gasteiger partial charge in [-0.15, -0.1) is 0 Å². The molecule has 0 radical (unpaired) electrons. The minimum atomic E-state index is -3.55. The quantitative estimate of drug-likeness (QED) is 0.0192. The number of hydrogen-bond donors (Lipinski definition) is 2. The van der Waals surface area contributed by atoms with E-state index in [1.165, 1.54) is 0 Å². The predicted molar refractivity (Wildman–Crippen MR) is 408 cm³/mol. The Bertz CT molecular complexity index is 4350. The van der Waals surface area contributed by atoms with Gasteiger partial charge in [-0.2, -0.15) is 0 Å². The lowest BCUT2D eigenvalue weighted by atomic mass is 9.93. The number of nitrogens with zero attached hydrogens (tertiary/aromatic N) is 1. The summed E-state index contributed by atoms with van der Waals surface area (Å²) in [4.78, 5) is 59.7. The Morgan fingerprint density at radius 2 is 0.982 bits per heavy atom. The van der Waals surface area contributed by atoms with Crippen molar-refractivity contribution in [2.45, 2.75) is 164 Å². The van der Waals surface area contributed by atoms with E-state index in [4.69, 9.17) is 66.0 Å². The Kier molecular flexibility index (Phi) is 25.4. The van der Waals surface area contributed by atoms with Crippen LogP contribution in [0.1, 0.15) is 99.3 Å². The first-order valence-corrected chi connectivity index (χ1v) is 39.4. The molecule has 0 bridgehead atoms. The van der Waals surface area contributed by atoms with E-state index in [0.717, 1.165) is 37.5 Å². The van der Waals surface area contributed by atoms with Gasteiger partial charge in [0, 0.05) is 12.1 Å². The number of rotatable bonds is 29. The number of amides is 3. The average molecular weight is 1510 g/mol. The van der Waals surface area contributed by atoms with Crippen molar-refractivity contribution >= 4 is 42.6 Å². The van der Waals surface area contributed by atoms with Gasteiger partial charge in [0.25, 0.3) is 20.1 Å². The van der Waals surface area contributed by atoms with Gasteiger partial charge in [-0.05, 0) is 75.3 Å². The number of aliphatic hydroxyl groups is 1. The van der Waals surface area contributed by atoms with Gasteiger partial charge in [0.15, 0.2) is 37.4 Å². The zero-order valence-electron chi connectivity index (χ0n) is 61.7. The highest BCUT2D eigenvalue weighted by Gasteiger charge is 2.61. The molecule has 572 valence electrons. The molecule has 3 amide bonds. The third-order valence-electron chi connectivity index (χ3n) is 20.5. The summed E-state index contributed by atoms with van der Waals surface area (Å²) < 4.78 is 98.6. The molecule has 14 rings (SSSR count). The molecule has 21 nitrogen and oxygen atoms in total. The minimum absolute atomic E-state index is 0.0377. The standard InChI is InChI=1S/C88H92N2O19Si/c1-58-73(97-52-59-32-13-5-14-33-59)76(98-53-60-34-15-6-16-35-60)78(99-54-61-36-17-7-18-37-61)85(103-58)109-79-77(106-82(94)63-40-21-9-22-41-63)75-69(56-100-83(108-75)64-42-23-10-24-43-64)105-86(79)107-74-70(57-102-110(88(2,3)4,65-44-25-11-26-45-65)66-46-27-12-28-47-66)104-84(96-51-31-50-89-87(95)101-55-62-38-19-8-20-39-62)71(72(74)91)90-80(92)67-48-29-30-49-68(67)81(90)93/h5-30,32-49,58,69-79,83-86,91H,31,50-57H2,1-4H3,(H,89,95)/t58-,69+,70+,71+,72+,73+,74+,75-,76+,77-,78-,79+,83?,84+,85-,86-/m0/s1. The maximum absolute atomic E-state index is 15.3. The molecule has 5 heterocycles. The number of benzene rings is 9. The van der Waals surface area contributed by atoms with Gasteiger partial charge >= 0.3 is 12.1 Å². The van der Waals surface area contributed by atoms with Crippen molar-refractivity contribution < 1.29 is 90.3 Å². The molecule has 5 aliphatic rings. The lowest BCUT2D eigenvalue weighted by molar-refractivity contribution is -0.408. The van der Waals surface area contributed by atoms with E-state index in [1.54, 1.807) is 54.6 Å². The molecule has 0 aliphatic carbocycles. The van der Waals surface area contributed by atoms with Crippen molar-refractivity contribution in [1.29, 1.82) is 0 Å². The summed E-state index contributed by atoms with van der Waals surface area (Å²) in [6.45, 7) is 8.10. The summed E-state index contributed by atoms with van der Waals surface area (Å²) in [5.41, 5.74) is 4.43. The second kappa shape index (κ2) is 36.1. The molecule has 16 atom stereocenters. The highest BCUT2D eigenvalue weighted by molar-refractivity contribution is 6.99. The van der Waals surface area contributed by atoms with Crippen LogP contribution in [0.3, 0.4) is 0 Å². The number of alkyl carbamates (subject to hydrolysis) is 1. The highest BCUT2D eigenvalue weighted by Crippen LogP contribution is 2.44. The van der Waals surface area contributed by atoms with Crippen LogP contribution in [-0.4, -0.2) is 161 Å². The van der Waals surface area contributed by atoms with E-state index in [1.807, 2.05) is 219 Å². The van der Waals surface area contributed by atoms with Crippen LogP contribution in [0.2, 0.25) is 5.04 Å². The fourth-order valence-electron chi connectivity index (χ4n) is 15.1. The average Bonchev–Trinajstić information content (AvgIpc) is 0.889. The molecule has 4 fully saturated rings. The first kappa shape index (κ1) is 77.3. The summed E-state index contributed by atoms with van der Waals surface area (Å²) >= 11 is 0. The largest absolute Gasteiger partial charge is 0.453 e. The molecule has 22 heteroatoms. The molecule has 1 unspecified atom stereocenters. The first-order chi connectivity index (χ1) is 53.7. The number of carbonyl (C=O) groups excluding carboxylic acids is 4. The molecular weight excluding hydrogens is 1420 g/mol. The summed E-state index contributed by atoms with van der Waals surface area (Å²) in [6.07, 6.45) is -20.4. The number of ether oxygens (including phenoxy) is 13. The second-order valence-corrected chi connectivity index (χ2v) is 33.2. The van der Waals surface area contributed by atoms with E-state index in [9.17, 15) is 9.90 Å². The fraction of sp³-hybridized carbons (Fsp3) is 0.341. The zero-order valence-corrected chi connectivity index (χ0v) is 62.7. The molecule has 9 aromatic rings. The van der Waals surface area contributed by atoms with Gasteiger partial charge in [-0.3, -0.25) is 14.5 Å². The van der Waals surface area contributed by atoms with E-state index >= 15 is 14.4 Å². The molecule has 9 aromatic carbocycles. The lowest BCUT2D eigenvalue weighted by Crippen LogP contribution is -2.71. The molecule has 0 spiro atoms. The van der Waals surface area contributed by atoms with Crippen molar-refractivity contribution in [2.24, 2.45) is 0 Å². The van der Waals surface area contributed by atoms with Crippen LogP contribution >= 0.6 is 0 Å². The van der Waals surface area contributed by atoms with E-state index in [2.05, 4.69) is 26.1 Å². The molecule has 4 saturated heterocycles. The Labute approximate surface area is 641 Å². The van der Waals surface area contributed by atoms with Crippen molar-refractivity contribution in [3.63, 3.8) is 0 Å². The number of aliphatic hydroxyl groups excluding tert-OH is 1. The second-order valence-electron chi connectivity index (χ2n) is 28.9. The molecule has 5 aliphatic heterocycles. The summed E-state index contributed by atoms with van der Waals surface area (Å²) in [7, 11) is -3.55. The van der Waals surface area contributed by atoms with Crippen molar-refractivity contribution in [3.05, 3.63) is 311 Å². The van der Waals surface area contributed by atoms with Crippen molar-refractivity contribution in [2.75, 3.05) is 26.4 Å². The monoisotopic (exact) mass is 1510 g/mol. The molecule has 110 heavy (non-hydrogen) atoms. The third-order valence-corrected chi connectivity index (χ3v) is 25.5. The Morgan fingerprint density at radius 3 is 1.53 bits per heavy atom. The van der Waals surface area contributed by atoms with Crippen molar-refractivity contribution in [1.82, 2.24) is 10.2 Å². The van der Waals surface area contributed by atoms with Crippen LogP contribution in [0.15, 0.2) is 267 Å². The van der Waals surface area contributed by atoms with Gasteiger partial charge in [-0.25, -0.2) is 9.59 Å². The number of hydrogen-bond acceptors (Lipinski definition) is 19. The summed E-state index contributed by atoms with van der Waals surface area (Å²) in [5, 5.41) is 18.1. The predicted octanol–water partition coefficient (Wildman–Crippen LogP) is 12.0. The normalized spacial score (nSPS) is 26.1. The smallest absolute Gasteiger partial charge is 0.407 e. The van der Waals surface area contributed by atoms with Gasteiger partial charge in [-0.1, -0.05) is 263 Å². The minimum Gasteiger partial charge on any atom is -0.453 e. The molecule has 0 saturated carbocycles. The molecular formula is C88H92N2O19Si. The summed E-state index contributed by atoms with van der Waals surface area (Å²) in [6, 6.07) is 80.9. The van der Waals surface area contributed by atoms with E-state index in [0.29, 0.717) is 5.56 Å². The first-order valence-electron chi connectivity index (χ1n) is 37.5. The number of nitrogens with one attached hydrogen (secondary N) is 1. The highest BCUT2D eigenvalue weighted by atomic mass is 28.4. The Morgan fingerprint density at radius 1 is 0.509 bits per heavy atom. The van der Waals surface area contributed by atoms with Crippen LogP contribution in [-0.2, 0) is 92.4 Å². The number of esters is 1. The number of fused-ring (bicyclic) bond motifs is 2. The summed E-state index contributed by atoms with van der Waals surface area (Å²) in [5.74, 6) is -2.22. The van der Waals surface area contributed by atoms with Gasteiger partial charge < -0.3 is 76.4 Å². The molecule has 2 N–H and O–H groups in total. The van der Waals surface area contributed by atoms with E-state index in [-0.39, 0.29) is 75.9 Å². The Balaban J connectivity index is 0.888. The maximum Gasteiger partial charge on any atom is 0.407 e. The van der Waals surface area contributed by atoms with Crippen LogP contribution in [0.25, 0.3) is 0 Å². The van der Waals surface area contributed by atoms with Crippen LogP contribution in [0, 0.1) is 0 Å².